The fourth-order valence-electron chi connectivity index (χ4n) is 4.34. The highest BCUT2D eigenvalue weighted by molar-refractivity contribution is 7.92. The van der Waals surface area contributed by atoms with E-state index in [2.05, 4.69) is 16.3 Å². The molecular weight excluding hydrogens is 454 g/mol. The summed E-state index contributed by atoms with van der Waals surface area (Å²) in [5, 5.41) is 2.93. The summed E-state index contributed by atoms with van der Waals surface area (Å²) in [6, 6.07) is 11.9. The summed E-state index contributed by atoms with van der Waals surface area (Å²) in [7, 11) is -0.767. The minimum atomic E-state index is -3.75. The van der Waals surface area contributed by atoms with E-state index in [0.29, 0.717) is 23.7 Å². The van der Waals surface area contributed by atoms with Gasteiger partial charge in [0.05, 0.1) is 26.2 Å². The molecule has 0 bridgehead atoms. The van der Waals surface area contributed by atoms with Crippen LogP contribution in [0.5, 0.6) is 11.5 Å². The Labute approximate surface area is 202 Å². The van der Waals surface area contributed by atoms with Gasteiger partial charge in [0.15, 0.2) is 11.5 Å². The van der Waals surface area contributed by atoms with Crippen molar-refractivity contribution in [3.63, 3.8) is 0 Å². The van der Waals surface area contributed by atoms with Gasteiger partial charge in [0, 0.05) is 19.2 Å². The molecule has 1 N–H and O–H groups in total. The van der Waals surface area contributed by atoms with Crippen LogP contribution in [0.4, 0.5) is 5.69 Å². The number of hydrogen-bond acceptors (Lipinski definition) is 6. The smallest absolute Gasteiger partial charge is 0.243 e. The van der Waals surface area contributed by atoms with Crippen LogP contribution in [0.15, 0.2) is 42.5 Å². The van der Waals surface area contributed by atoms with Crippen LogP contribution in [0.2, 0.25) is 0 Å². The van der Waals surface area contributed by atoms with Crippen molar-refractivity contribution in [2.75, 3.05) is 37.9 Å². The lowest BCUT2D eigenvalue weighted by Gasteiger charge is -2.29. The Morgan fingerprint density at radius 1 is 1.03 bits per heavy atom. The summed E-state index contributed by atoms with van der Waals surface area (Å²) >= 11 is 0. The van der Waals surface area contributed by atoms with Crippen LogP contribution >= 0.6 is 0 Å². The summed E-state index contributed by atoms with van der Waals surface area (Å²) in [6.07, 6.45) is 4.80. The van der Waals surface area contributed by atoms with E-state index in [1.54, 1.807) is 25.1 Å². The molecule has 0 aromatic heterocycles. The topological polar surface area (TPSA) is 88.2 Å². The van der Waals surface area contributed by atoms with E-state index >= 15 is 0 Å². The van der Waals surface area contributed by atoms with Crippen molar-refractivity contribution in [3.05, 3.63) is 53.6 Å². The molecule has 0 aliphatic carbocycles. The first kappa shape index (κ1) is 25.8. The largest absolute Gasteiger partial charge is 0.493 e. The molecule has 1 heterocycles. The number of nitrogens with zero attached hydrogens (tertiary/aromatic N) is 2. The molecule has 1 aliphatic rings. The van der Waals surface area contributed by atoms with Crippen molar-refractivity contribution in [2.24, 2.45) is 0 Å². The molecule has 186 valence electrons. The number of ether oxygens (including phenoxy) is 2. The Hall–Kier alpha value is -2.78. The van der Waals surface area contributed by atoms with Crippen LogP contribution in [-0.2, 0) is 27.9 Å². The number of likely N-dealkylation sites (tertiary alicyclic amines) is 1. The first-order valence-corrected chi connectivity index (χ1v) is 13.4. The summed E-state index contributed by atoms with van der Waals surface area (Å²) in [5.41, 5.74) is 2.54. The van der Waals surface area contributed by atoms with Crippen LogP contribution in [-0.4, -0.2) is 58.8 Å². The molecule has 3 rings (SSSR count). The predicted molar refractivity (Wildman–Crippen MR) is 134 cm³/mol. The third kappa shape index (κ3) is 6.42. The summed E-state index contributed by atoms with van der Waals surface area (Å²) < 4.78 is 37.0. The maximum atomic E-state index is 13.1. The Bertz CT molecular complexity index is 1080. The number of sulfonamides is 1. The average molecular weight is 490 g/mol. The number of rotatable bonds is 10. The minimum absolute atomic E-state index is 0.327. The molecule has 0 spiro atoms. The second kappa shape index (κ2) is 11.6. The second-order valence-corrected chi connectivity index (χ2v) is 10.5. The number of nitrogens with one attached hydrogen (secondary N) is 1. The number of piperidine rings is 1. The number of carbonyl (C=O) groups is 1. The zero-order valence-electron chi connectivity index (χ0n) is 20.4. The van der Waals surface area contributed by atoms with Gasteiger partial charge in [-0.15, -0.1) is 0 Å². The minimum Gasteiger partial charge on any atom is -0.493 e. The molecule has 2 aromatic carbocycles. The fourth-order valence-corrected chi connectivity index (χ4v) is 5.51. The molecule has 1 amide bonds. The molecule has 1 fully saturated rings. The molecule has 0 unspecified atom stereocenters. The van der Waals surface area contributed by atoms with E-state index in [4.69, 9.17) is 9.47 Å². The molecule has 2 aromatic rings. The van der Waals surface area contributed by atoms with E-state index in [-0.39, 0.29) is 5.91 Å². The van der Waals surface area contributed by atoms with Gasteiger partial charge < -0.3 is 14.8 Å². The fraction of sp³-hybridized carbons (Fsp3) is 0.480. The average Bonchev–Trinajstić information content (AvgIpc) is 2.83. The zero-order chi connectivity index (χ0) is 24.7. The standard InChI is InChI=1S/C25H35N3O5S/c1-19(28(34(4,30)31)22-12-13-23(32-2)24(16-22)33-3)25(29)26-17-20-10-6-7-11-21(20)18-27-14-8-5-9-15-27/h6-7,10-13,16,19H,5,8-9,14-15,17-18H2,1-4H3,(H,26,29)/t19-/m1/s1. The first-order chi connectivity index (χ1) is 16.2. The molecule has 1 saturated heterocycles. The summed E-state index contributed by atoms with van der Waals surface area (Å²) in [6.45, 7) is 4.94. The van der Waals surface area contributed by atoms with Crippen molar-refractivity contribution in [1.82, 2.24) is 10.2 Å². The maximum absolute atomic E-state index is 13.1. The third-order valence-electron chi connectivity index (χ3n) is 6.12. The number of methoxy groups -OCH3 is 2. The van der Waals surface area contributed by atoms with E-state index in [0.717, 1.165) is 35.8 Å². The number of benzene rings is 2. The molecule has 1 aliphatic heterocycles. The molecule has 8 nitrogen and oxygen atoms in total. The Morgan fingerprint density at radius 2 is 1.68 bits per heavy atom. The van der Waals surface area contributed by atoms with Gasteiger partial charge >= 0.3 is 0 Å². The highest BCUT2D eigenvalue weighted by atomic mass is 32.2. The monoisotopic (exact) mass is 489 g/mol. The van der Waals surface area contributed by atoms with Crippen LogP contribution in [0.25, 0.3) is 0 Å². The van der Waals surface area contributed by atoms with E-state index in [1.807, 2.05) is 18.2 Å². The number of amides is 1. The Kier molecular flexibility index (Phi) is 8.79. The molecule has 0 saturated carbocycles. The van der Waals surface area contributed by atoms with Gasteiger partial charge in [-0.25, -0.2) is 8.42 Å². The van der Waals surface area contributed by atoms with E-state index in [9.17, 15) is 13.2 Å². The van der Waals surface area contributed by atoms with Crippen molar-refractivity contribution >= 4 is 21.6 Å². The van der Waals surface area contributed by atoms with Crippen molar-refractivity contribution in [2.45, 2.75) is 45.3 Å². The second-order valence-electron chi connectivity index (χ2n) is 8.60. The van der Waals surface area contributed by atoms with E-state index < -0.39 is 16.1 Å². The molecular formula is C25H35N3O5S. The van der Waals surface area contributed by atoms with Crippen molar-refractivity contribution < 1.29 is 22.7 Å². The third-order valence-corrected chi connectivity index (χ3v) is 7.37. The number of anilines is 1. The van der Waals surface area contributed by atoms with Gasteiger partial charge in [-0.05, 0) is 56.1 Å². The van der Waals surface area contributed by atoms with Crippen LogP contribution in [0, 0.1) is 0 Å². The molecule has 9 heteroatoms. The van der Waals surface area contributed by atoms with Crippen molar-refractivity contribution in [1.29, 1.82) is 0 Å². The van der Waals surface area contributed by atoms with Gasteiger partial charge in [0.25, 0.3) is 0 Å². The van der Waals surface area contributed by atoms with Gasteiger partial charge in [0.2, 0.25) is 15.9 Å². The van der Waals surface area contributed by atoms with Crippen LogP contribution < -0.4 is 19.1 Å². The lowest BCUT2D eigenvalue weighted by molar-refractivity contribution is -0.122. The Balaban J connectivity index is 1.75. The Morgan fingerprint density at radius 3 is 2.29 bits per heavy atom. The SMILES string of the molecule is COc1ccc(N([C@H](C)C(=O)NCc2ccccc2CN2CCCCC2)S(C)(=O)=O)cc1OC. The lowest BCUT2D eigenvalue weighted by atomic mass is 10.0. The van der Waals surface area contributed by atoms with Crippen LogP contribution in [0.1, 0.15) is 37.3 Å². The normalized spacial score (nSPS) is 15.4. The van der Waals surface area contributed by atoms with Crippen molar-refractivity contribution in [3.8, 4) is 11.5 Å². The first-order valence-electron chi connectivity index (χ1n) is 11.5. The van der Waals surface area contributed by atoms with E-state index in [1.165, 1.54) is 39.0 Å². The highest BCUT2D eigenvalue weighted by Crippen LogP contribution is 2.33. The molecule has 34 heavy (non-hydrogen) atoms. The van der Waals surface area contributed by atoms with Gasteiger partial charge in [-0.3, -0.25) is 14.0 Å². The molecule has 1 atom stereocenters. The zero-order valence-corrected chi connectivity index (χ0v) is 21.2. The lowest BCUT2D eigenvalue weighted by Crippen LogP contribution is -2.47. The van der Waals surface area contributed by atoms with Gasteiger partial charge in [-0.1, -0.05) is 30.7 Å². The summed E-state index contributed by atoms with van der Waals surface area (Å²) in [5.74, 6) is 0.475. The predicted octanol–water partition coefficient (Wildman–Crippen LogP) is 3.16. The number of hydrogen-bond donors (Lipinski definition) is 1. The van der Waals surface area contributed by atoms with Gasteiger partial charge in [0.1, 0.15) is 6.04 Å². The molecule has 0 radical (unpaired) electrons. The maximum Gasteiger partial charge on any atom is 0.243 e. The van der Waals surface area contributed by atoms with Crippen LogP contribution in [0.3, 0.4) is 0 Å². The quantitative estimate of drug-likeness (QED) is 0.552. The highest BCUT2D eigenvalue weighted by Gasteiger charge is 2.30. The van der Waals surface area contributed by atoms with Gasteiger partial charge in [-0.2, -0.15) is 0 Å². The number of carbonyl (C=O) groups excluding carboxylic acids is 1. The summed E-state index contributed by atoms with van der Waals surface area (Å²) in [4.78, 5) is 15.5.